The molecular weight excluding hydrogens is 562 g/mol. The van der Waals surface area contributed by atoms with Crippen LogP contribution in [0.1, 0.15) is 16.4 Å². The van der Waals surface area contributed by atoms with Gasteiger partial charge >= 0.3 is 0 Å². The summed E-state index contributed by atoms with van der Waals surface area (Å²) in [5.41, 5.74) is 2.69. The zero-order chi connectivity index (χ0) is 29.2. The first kappa shape index (κ1) is 27.9. The van der Waals surface area contributed by atoms with Crippen LogP contribution in [0.5, 0.6) is 5.75 Å². The van der Waals surface area contributed by atoms with Crippen molar-refractivity contribution >= 4 is 29.4 Å². The summed E-state index contributed by atoms with van der Waals surface area (Å²) < 4.78 is 41.7. The minimum Gasteiger partial charge on any atom is -0.497 e. The van der Waals surface area contributed by atoms with Gasteiger partial charge in [-0.1, -0.05) is 36.4 Å². The first-order chi connectivity index (χ1) is 20.4. The number of thioether (sulfide) groups is 1. The Morgan fingerprint density at radius 1 is 1.05 bits per heavy atom. The summed E-state index contributed by atoms with van der Waals surface area (Å²) in [6.45, 7) is 1.49. The molecule has 2 aliphatic rings. The zero-order valence-corrected chi connectivity index (χ0v) is 23.7. The molecule has 1 unspecified atom stereocenters. The quantitative estimate of drug-likeness (QED) is 0.320. The van der Waals surface area contributed by atoms with Crippen molar-refractivity contribution in [3.8, 4) is 22.7 Å². The van der Waals surface area contributed by atoms with Gasteiger partial charge in [0.05, 0.1) is 42.7 Å². The normalized spacial score (nSPS) is 17.1. The molecule has 1 saturated heterocycles. The van der Waals surface area contributed by atoms with Crippen LogP contribution < -0.4 is 9.64 Å². The molecule has 4 aromatic rings. The highest BCUT2D eigenvalue weighted by Gasteiger charge is 2.39. The molecule has 3 heterocycles. The van der Waals surface area contributed by atoms with E-state index in [2.05, 4.69) is 0 Å². The Kier molecular flexibility index (Phi) is 7.94. The lowest BCUT2D eigenvalue weighted by Crippen LogP contribution is -2.48. The molecule has 216 valence electrons. The summed E-state index contributed by atoms with van der Waals surface area (Å²) in [4.78, 5) is 30.5. The fraction of sp³-hybridized carbons (Fsp3) is 0.258. The highest BCUT2D eigenvalue weighted by Crippen LogP contribution is 2.49. The van der Waals surface area contributed by atoms with Crippen molar-refractivity contribution in [1.82, 2.24) is 14.7 Å². The molecule has 0 spiro atoms. The van der Waals surface area contributed by atoms with Crippen molar-refractivity contribution in [2.75, 3.05) is 50.6 Å². The molecule has 0 radical (unpaired) electrons. The molecule has 1 fully saturated rings. The van der Waals surface area contributed by atoms with E-state index in [0.29, 0.717) is 54.8 Å². The second kappa shape index (κ2) is 11.9. The summed E-state index contributed by atoms with van der Waals surface area (Å²) in [5, 5.41) is 4.27. The number of aromatic nitrogens is 2. The van der Waals surface area contributed by atoms with Crippen LogP contribution in [0.2, 0.25) is 0 Å². The molecule has 42 heavy (non-hydrogen) atoms. The summed E-state index contributed by atoms with van der Waals surface area (Å²) in [5.74, 6) is -0.980. The third-order valence-corrected chi connectivity index (χ3v) is 8.59. The minimum atomic E-state index is -0.722. The Hall–Kier alpha value is -4.22. The molecule has 0 saturated carbocycles. The second-order valence-electron chi connectivity index (χ2n) is 9.89. The number of hydrogen-bond donors (Lipinski definition) is 0. The van der Waals surface area contributed by atoms with E-state index in [0.717, 1.165) is 11.6 Å². The van der Waals surface area contributed by atoms with E-state index in [9.17, 15) is 14.0 Å². The molecule has 2 aliphatic heterocycles. The molecule has 11 heteroatoms. The highest BCUT2D eigenvalue weighted by molar-refractivity contribution is 8.00. The average Bonchev–Trinajstić information content (AvgIpc) is 3.35. The van der Waals surface area contributed by atoms with Crippen molar-refractivity contribution in [3.63, 3.8) is 0 Å². The summed E-state index contributed by atoms with van der Waals surface area (Å²) >= 11 is 1.23. The molecule has 0 bridgehead atoms. The van der Waals surface area contributed by atoms with Gasteiger partial charge in [-0.3, -0.25) is 14.5 Å². The number of anilines is 1. The standard InChI is InChI=1S/C31H28F2N4O4S/c1-40-23-10-8-22(9-11-23)37-31-28(29(34-37)20-5-3-2-4-6-20)30(24-12-7-21(32)17-25(24)33)42-19-27(39)36(31)18-26(38)35-13-15-41-16-14-35/h2-12,17,30H,13-16,18-19H2,1H3. The van der Waals surface area contributed by atoms with E-state index < -0.39 is 16.9 Å². The Morgan fingerprint density at radius 3 is 2.48 bits per heavy atom. The first-order valence-corrected chi connectivity index (χ1v) is 14.5. The third-order valence-electron chi connectivity index (χ3n) is 7.36. The van der Waals surface area contributed by atoms with Crippen LogP contribution in [-0.2, 0) is 14.3 Å². The van der Waals surface area contributed by atoms with Gasteiger partial charge in [0.25, 0.3) is 0 Å². The van der Waals surface area contributed by atoms with E-state index in [1.165, 1.54) is 28.8 Å². The summed E-state index contributed by atoms with van der Waals surface area (Å²) in [6.07, 6.45) is 0. The topological polar surface area (TPSA) is 76.9 Å². The fourth-order valence-corrected chi connectivity index (χ4v) is 6.46. The van der Waals surface area contributed by atoms with Crippen molar-refractivity contribution in [3.05, 3.63) is 95.6 Å². The molecule has 0 aliphatic carbocycles. The molecule has 0 N–H and O–H groups in total. The number of rotatable bonds is 6. The maximum absolute atomic E-state index is 15.4. The Bertz CT molecular complexity index is 1610. The number of halogens is 2. The van der Waals surface area contributed by atoms with Crippen LogP contribution in [0.3, 0.4) is 0 Å². The van der Waals surface area contributed by atoms with Crippen molar-refractivity contribution in [2.45, 2.75) is 5.25 Å². The van der Waals surface area contributed by atoms with E-state index in [1.807, 2.05) is 30.3 Å². The van der Waals surface area contributed by atoms with Crippen LogP contribution in [-0.4, -0.2) is 72.2 Å². The van der Waals surface area contributed by atoms with Crippen LogP contribution in [0.25, 0.3) is 16.9 Å². The molecule has 1 aromatic heterocycles. The van der Waals surface area contributed by atoms with E-state index in [4.69, 9.17) is 14.6 Å². The Balaban J connectivity index is 1.59. The van der Waals surface area contributed by atoms with Crippen LogP contribution >= 0.6 is 11.8 Å². The van der Waals surface area contributed by atoms with Gasteiger partial charge in [0.15, 0.2) is 0 Å². The lowest BCUT2D eigenvalue weighted by molar-refractivity contribution is -0.134. The summed E-state index contributed by atoms with van der Waals surface area (Å²) in [7, 11) is 1.57. The van der Waals surface area contributed by atoms with Crippen LogP contribution in [0.4, 0.5) is 14.6 Å². The predicted octanol–water partition coefficient (Wildman–Crippen LogP) is 4.85. The number of hydrogen-bond acceptors (Lipinski definition) is 6. The maximum atomic E-state index is 15.4. The number of ether oxygens (including phenoxy) is 2. The fourth-order valence-electron chi connectivity index (χ4n) is 5.24. The lowest BCUT2D eigenvalue weighted by atomic mass is 9.99. The molecule has 2 amide bonds. The molecule has 8 nitrogen and oxygen atoms in total. The van der Waals surface area contributed by atoms with Gasteiger partial charge < -0.3 is 14.4 Å². The third kappa shape index (κ3) is 5.37. The van der Waals surface area contributed by atoms with Gasteiger partial charge in [0.2, 0.25) is 11.8 Å². The minimum absolute atomic E-state index is 0.0244. The number of fused-ring (bicyclic) bond motifs is 1. The van der Waals surface area contributed by atoms with Gasteiger partial charge in [-0.2, -0.15) is 5.10 Å². The monoisotopic (exact) mass is 590 g/mol. The molecule has 6 rings (SSSR count). The van der Waals surface area contributed by atoms with Gasteiger partial charge in [-0.05, 0) is 30.3 Å². The maximum Gasteiger partial charge on any atom is 0.242 e. The SMILES string of the molecule is COc1ccc(-n2nc(-c3ccccc3)c3c2N(CC(=O)N2CCOCC2)C(=O)CSC3c2ccc(F)cc2F)cc1. The number of carbonyl (C=O) groups excluding carboxylic acids is 2. The van der Waals surface area contributed by atoms with Crippen molar-refractivity contribution in [1.29, 1.82) is 0 Å². The number of methoxy groups -OCH3 is 1. The van der Waals surface area contributed by atoms with E-state index in [1.54, 1.807) is 41.0 Å². The highest BCUT2D eigenvalue weighted by atomic mass is 32.2. The van der Waals surface area contributed by atoms with Crippen molar-refractivity contribution < 1.29 is 27.8 Å². The number of nitrogens with zero attached hydrogens (tertiary/aromatic N) is 4. The number of carbonyl (C=O) groups is 2. The van der Waals surface area contributed by atoms with Gasteiger partial charge in [0.1, 0.15) is 29.7 Å². The van der Waals surface area contributed by atoms with Gasteiger partial charge in [-0.15, -0.1) is 11.8 Å². The Morgan fingerprint density at radius 2 is 1.79 bits per heavy atom. The van der Waals surface area contributed by atoms with E-state index >= 15 is 4.39 Å². The number of benzene rings is 3. The van der Waals surface area contributed by atoms with Gasteiger partial charge in [-0.25, -0.2) is 13.5 Å². The van der Waals surface area contributed by atoms with Gasteiger partial charge in [0, 0.05) is 35.8 Å². The lowest BCUT2D eigenvalue weighted by Gasteiger charge is -2.30. The zero-order valence-electron chi connectivity index (χ0n) is 22.8. The van der Waals surface area contributed by atoms with Crippen molar-refractivity contribution in [2.24, 2.45) is 0 Å². The van der Waals surface area contributed by atoms with Crippen LogP contribution in [0, 0.1) is 11.6 Å². The molecule has 3 aromatic carbocycles. The largest absolute Gasteiger partial charge is 0.497 e. The number of morpholine rings is 1. The Labute approximate surface area is 245 Å². The average molecular weight is 591 g/mol. The molecule has 1 atom stereocenters. The van der Waals surface area contributed by atoms with E-state index in [-0.39, 0.29) is 29.7 Å². The smallest absolute Gasteiger partial charge is 0.242 e. The first-order valence-electron chi connectivity index (χ1n) is 13.5. The summed E-state index contributed by atoms with van der Waals surface area (Å²) in [6, 6.07) is 20.0. The molecular formula is C31H28F2N4O4S. The predicted molar refractivity (Wildman–Crippen MR) is 156 cm³/mol. The second-order valence-corrected chi connectivity index (χ2v) is 11.0. The van der Waals surface area contributed by atoms with Crippen LogP contribution in [0.15, 0.2) is 72.8 Å². The number of amides is 2.